The van der Waals surface area contributed by atoms with Crippen LogP contribution in [0.1, 0.15) is 0 Å². The summed E-state index contributed by atoms with van der Waals surface area (Å²) in [5.74, 6) is 0. The molecule has 0 amide bonds. The Hall–Kier alpha value is -4.68. The Bertz CT molecular complexity index is 2340. The van der Waals surface area contributed by atoms with Crippen LogP contribution in [-0.4, -0.2) is 15.7 Å². The molecule has 206 valence electrons. The molecule has 1 atom stereocenters. The minimum Gasteiger partial charge on any atom is -0.317 e. The number of fused-ring (bicyclic) bond motifs is 8. The topological polar surface area (TPSA) is 34.4 Å². The number of hydrogen-bond donors (Lipinski definition) is 0. The van der Waals surface area contributed by atoms with Gasteiger partial charge in [-0.1, -0.05) is 146 Å². The summed E-state index contributed by atoms with van der Waals surface area (Å²) in [4.78, 5) is 5.27. The number of rotatable bonds is 5. The summed E-state index contributed by atoms with van der Waals surface area (Å²) < 4.78 is 16.5. The summed E-state index contributed by atoms with van der Waals surface area (Å²) in [6, 6.07) is 52.2. The van der Waals surface area contributed by atoms with E-state index in [1.807, 2.05) is 42.5 Å². The first-order valence-electron chi connectivity index (χ1n) is 14.4. The molecular weight excluding hydrogens is 562 g/mol. The SMILES string of the molecule is C=P(c1ccccc1)(c1ccccc1)c1cccc2nc3c4ccccc4c4c([PH](=O)c5ccccc5)cccc4n3c12. The predicted molar refractivity (Wildman–Crippen MR) is 188 cm³/mol. The minimum absolute atomic E-state index is 0.858. The molecule has 0 aliphatic rings. The summed E-state index contributed by atoms with van der Waals surface area (Å²) in [5.41, 5.74) is 3.88. The van der Waals surface area contributed by atoms with Gasteiger partial charge in [-0.05, 0) is 35.0 Å². The van der Waals surface area contributed by atoms with Gasteiger partial charge in [0.2, 0.25) is 0 Å². The highest BCUT2D eigenvalue weighted by atomic mass is 31.2. The summed E-state index contributed by atoms with van der Waals surface area (Å²) in [5, 5.41) is 8.44. The Kier molecular flexibility index (Phi) is 6.19. The molecule has 0 saturated carbocycles. The maximum Gasteiger partial charge on any atom is 0.146 e. The van der Waals surface area contributed by atoms with Crippen molar-refractivity contribution in [2.75, 3.05) is 0 Å². The van der Waals surface area contributed by atoms with Crippen LogP contribution in [0.3, 0.4) is 0 Å². The van der Waals surface area contributed by atoms with Crippen molar-refractivity contribution >= 4 is 85.9 Å². The third-order valence-corrected chi connectivity index (χ3v) is 13.8. The van der Waals surface area contributed by atoms with E-state index >= 15 is 0 Å². The van der Waals surface area contributed by atoms with E-state index in [1.54, 1.807) is 0 Å². The van der Waals surface area contributed by atoms with Crippen molar-refractivity contribution in [3.63, 3.8) is 0 Å². The molecule has 0 fully saturated rings. The van der Waals surface area contributed by atoms with Gasteiger partial charge in [0.1, 0.15) is 13.4 Å². The van der Waals surface area contributed by atoms with Crippen molar-refractivity contribution in [2.24, 2.45) is 0 Å². The molecule has 8 rings (SSSR count). The molecule has 3 nitrogen and oxygen atoms in total. The fourth-order valence-corrected chi connectivity index (χ4v) is 11.1. The number of hydrogen-bond acceptors (Lipinski definition) is 2. The number of benzene rings is 6. The molecule has 0 N–H and O–H groups in total. The monoisotopic (exact) mass is 590 g/mol. The van der Waals surface area contributed by atoms with E-state index in [2.05, 4.69) is 114 Å². The Morgan fingerprint density at radius 1 is 0.605 bits per heavy atom. The minimum atomic E-state index is -2.33. The molecule has 2 aromatic heterocycles. The third kappa shape index (κ3) is 3.97. The molecule has 8 aromatic rings. The molecular formula is C38H28N2OP2. The number of nitrogens with zero attached hydrogens (tertiary/aromatic N) is 2. The van der Waals surface area contributed by atoms with E-state index in [0.717, 1.165) is 49.0 Å². The predicted octanol–water partition coefficient (Wildman–Crippen LogP) is 7.03. The Morgan fingerprint density at radius 3 is 1.86 bits per heavy atom. The highest BCUT2D eigenvalue weighted by Gasteiger charge is 2.27. The van der Waals surface area contributed by atoms with Gasteiger partial charge in [-0.25, -0.2) is 4.98 Å². The average Bonchev–Trinajstić information content (AvgIpc) is 3.49. The maximum atomic E-state index is 14.2. The van der Waals surface area contributed by atoms with E-state index in [0.29, 0.717) is 0 Å². The number of pyridine rings is 1. The molecule has 43 heavy (non-hydrogen) atoms. The Labute approximate surface area is 250 Å². The molecule has 6 aromatic carbocycles. The van der Waals surface area contributed by atoms with Crippen LogP contribution in [0.15, 0.2) is 152 Å². The van der Waals surface area contributed by atoms with Gasteiger partial charge >= 0.3 is 0 Å². The van der Waals surface area contributed by atoms with Crippen molar-refractivity contribution in [3.05, 3.63) is 152 Å². The van der Waals surface area contributed by atoms with Gasteiger partial charge < -0.3 is 4.57 Å². The number of aromatic nitrogens is 2. The second-order valence-electron chi connectivity index (χ2n) is 10.8. The highest BCUT2D eigenvalue weighted by molar-refractivity contribution is 7.93. The smallest absolute Gasteiger partial charge is 0.146 e. The van der Waals surface area contributed by atoms with Crippen molar-refractivity contribution in [1.29, 1.82) is 0 Å². The highest BCUT2D eigenvalue weighted by Crippen LogP contribution is 2.45. The van der Waals surface area contributed by atoms with Crippen LogP contribution in [0.4, 0.5) is 0 Å². The molecule has 0 radical (unpaired) electrons. The van der Waals surface area contributed by atoms with E-state index < -0.39 is 14.7 Å². The zero-order chi connectivity index (χ0) is 29.0. The summed E-state index contributed by atoms with van der Waals surface area (Å²) >= 11 is 0. The van der Waals surface area contributed by atoms with E-state index in [-0.39, 0.29) is 0 Å². The van der Waals surface area contributed by atoms with Crippen LogP contribution < -0.4 is 26.5 Å². The van der Waals surface area contributed by atoms with Gasteiger partial charge in [0, 0.05) is 26.7 Å². The lowest BCUT2D eigenvalue weighted by Crippen LogP contribution is -2.26. The summed E-state index contributed by atoms with van der Waals surface area (Å²) in [7, 11) is -2.28. The number of imidazole rings is 1. The molecule has 0 aliphatic heterocycles. The van der Waals surface area contributed by atoms with Gasteiger partial charge in [0.25, 0.3) is 0 Å². The molecule has 5 heteroatoms. The second kappa shape index (κ2) is 10.2. The van der Waals surface area contributed by atoms with E-state index in [4.69, 9.17) is 11.3 Å². The lowest BCUT2D eigenvalue weighted by atomic mass is 10.1. The van der Waals surface area contributed by atoms with Crippen LogP contribution in [-0.2, 0) is 4.57 Å². The molecule has 0 aliphatic carbocycles. The summed E-state index contributed by atoms with van der Waals surface area (Å²) in [6.45, 7) is -2.33. The van der Waals surface area contributed by atoms with Crippen LogP contribution in [0.5, 0.6) is 0 Å². The lowest BCUT2D eigenvalue weighted by molar-refractivity contribution is 0.598. The quantitative estimate of drug-likeness (QED) is 0.159. The number of para-hydroxylation sites is 1. The molecule has 0 saturated heterocycles. The van der Waals surface area contributed by atoms with Crippen molar-refractivity contribution < 1.29 is 4.57 Å². The van der Waals surface area contributed by atoms with Crippen molar-refractivity contribution in [3.8, 4) is 0 Å². The zero-order valence-corrected chi connectivity index (χ0v) is 25.3. The van der Waals surface area contributed by atoms with Crippen molar-refractivity contribution in [2.45, 2.75) is 0 Å². The van der Waals surface area contributed by atoms with Crippen LogP contribution in [0.2, 0.25) is 0 Å². The zero-order valence-electron chi connectivity index (χ0n) is 23.4. The molecule has 1 unspecified atom stereocenters. The second-order valence-corrected chi connectivity index (χ2v) is 15.7. The molecule has 0 bridgehead atoms. The third-order valence-electron chi connectivity index (χ3n) is 8.46. The van der Waals surface area contributed by atoms with Crippen LogP contribution >= 0.6 is 14.7 Å². The largest absolute Gasteiger partial charge is 0.317 e. The first-order chi connectivity index (χ1) is 21.2. The molecule has 0 spiro atoms. The normalized spacial score (nSPS) is 12.7. The Balaban J connectivity index is 1.56. The van der Waals surface area contributed by atoms with Crippen molar-refractivity contribution in [1.82, 2.24) is 9.38 Å². The van der Waals surface area contributed by atoms with Gasteiger partial charge in [0.15, 0.2) is 0 Å². The summed E-state index contributed by atoms with van der Waals surface area (Å²) in [6.07, 6.45) is 5.07. The first kappa shape index (κ1) is 26.0. The van der Waals surface area contributed by atoms with Gasteiger partial charge in [-0.15, -0.1) is 0 Å². The van der Waals surface area contributed by atoms with Crippen LogP contribution in [0.25, 0.3) is 38.4 Å². The van der Waals surface area contributed by atoms with Gasteiger partial charge in [0.05, 0.1) is 16.6 Å². The standard InChI is InChI=1S/C38H28N2OP2/c1-43(28-17-7-3-8-18-28,29-19-9-4-10-20-29)35-26-13-23-32-37(35)40-33-24-14-25-34(42(41)27-15-5-2-6-16-27)36(33)30-21-11-12-22-31(30)38(40)39-32/h2-26,42H,1H2. The maximum absolute atomic E-state index is 14.2. The average molecular weight is 591 g/mol. The fraction of sp³-hybridized carbons (Fsp3) is 0. The first-order valence-corrected chi connectivity index (χ1v) is 17.7. The van der Waals surface area contributed by atoms with E-state index in [9.17, 15) is 4.57 Å². The molecule has 2 heterocycles. The van der Waals surface area contributed by atoms with E-state index in [1.165, 1.54) is 15.9 Å². The fourth-order valence-electron chi connectivity index (χ4n) is 6.46. The van der Waals surface area contributed by atoms with Gasteiger partial charge in [-0.2, -0.15) is 0 Å². The van der Waals surface area contributed by atoms with Crippen LogP contribution in [0, 0.1) is 0 Å². The lowest BCUT2D eigenvalue weighted by Gasteiger charge is -2.27. The Morgan fingerprint density at radius 2 is 1.19 bits per heavy atom. The van der Waals surface area contributed by atoms with Gasteiger partial charge in [-0.3, -0.25) is 4.40 Å².